The number of nitriles is 1. The van der Waals surface area contributed by atoms with E-state index in [0.29, 0.717) is 12.8 Å². The van der Waals surface area contributed by atoms with Gasteiger partial charge in [0, 0.05) is 24.9 Å². The van der Waals surface area contributed by atoms with E-state index in [-0.39, 0.29) is 16.9 Å². The van der Waals surface area contributed by atoms with E-state index in [0.717, 1.165) is 25.3 Å². The Kier molecular flexibility index (Phi) is 6.00. The SMILES string of the molecule is C[C@@H](OC(=O)c1cc([N+](=O)[O-])ccc1N)C(=O)N(C)C1(C#N)CCCCC1. The van der Waals surface area contributed by atoms with Crippen molar-refractivity contribution in [1.82, 2.24) is 4.90 Å². The Morgan fingerprint density at radius 2 is 2.00 bits per heavy atom. The summed E-state index contributed by atoms with van der Waals surface area (Å²) in [6.45, 7) is 1.40. The van der Waals surface area contributed by atoms with Gasteiger partial charge in [-0.1, -0.05) is 19.3 Å². The average molecular weight is 374 g/mol. The highest BCUT2D eigenvalue weighted by Crippen LogP contribution is 2.33. The van der Waals surface area contributed by atoms with Crippen molar-refractivity contribution in [3.8, 4) is 6.07 Å². The molecule has 1 aromatic rings. The molecule has 27 heavy (non-hydrogen) atoms. The zero-order valence-corrected chi connectivity index (χ0v) is 15.3. The first kappa shape index (κ1) is 20.2. The Balaban J connectivity index is 2.14. The third-order valence-electron chi connectivity index (χ3n) is 4.96. The first-order valence-electron chi connectivity index (χ1n) is 8.65. The highest BCUT2D eigenvalue weighted by Gasteiger charge is 2.40. The van der Waals surface area contributed by atoms with Crippen molar-refractivity contribution < 1.29 is 19.2 Å². The second-order valence-electron chi connectivity index (χ2n) is 6.68. The highest BCUT2D eigenvalue weighted by atomic mass is 16.6. The van der Waals surface area contributed by atoms with E-state index in [4.69, 9.17) is 10.5 Å². The average Bonchev–Trinajstić information content (AvgIpc) is 2.67. The summed E-state index contributed by atoms with van der Waals surface area (Å²) >= 11 is 0. The molecule has 0 spiro atoms. The predicted molar refractivity (Wildman–Crippen MR) is 96.6 cm³/mol. The van der Waals surface area contributed by atoms with Gasteiger partial charge in [-0.05, 0) is 25.8 Å². The van der Waals surface area contributed by atoms with Crippen LogP contribution in [-0.2, 0) is 9.53 Å². The minimum absolute atomic E-state index is 0.0133. The number of nitrogens with two attached hydrogens (primary N) is 1. The quantitative estimate of drug-likeness (QED) is 0.361. The Bertz CT molecular complexity index is 795. The van der Waals surface area contributed by atoms with Gasteiger partial charge in [-0.15, -0.1) is 0 Å². The summed E-state index contributed by atoms with van der Waals surface area (Å²) in [6, 6.07) is 5.66. The van der Waals surface area contributed by atoms with Crippen LogP contribution in [-0.4, -0.2) is 40.4 Å². The molecule has 0 unspecified atom stereocenters. The zero-order valence-electron chi connectivity index (χ0n) is 15.3. The van der Waals surface area contributed by atoms with Crippen molar-refractivity contribution in [1.29, 1.82) is 5.26 Å². The Hall–Kier alpha value is -3.15. The molecule has 2 N–H and O–H groups in total. The third kappa shape index (κ3) is 4.16. The van der Waals surface area contributed by atoms with E-state index < -0.39 is 28.4 Å². The fourth-order valence-corrected chi connectivity index (χ4v) is 3.25. The Morgan fingerprint density at radius 1 is 1.37 bits per heavy atom. The molecule has 0 radical (unpaired) electrons. The fraction of sp³-hybridized carbons (Fsp3) is 0.500. The molecule has 0 aliphatic heterocycles. The van der Waals surface area contributed by atoms with Crippen LogP contribution in [0.1, 0.15) is 49.4 Å². The van der Waals surface area contributed by atoms with E-state index in [2.05, 4.69) is 6.07 Å². The summed E-state index contributed by atoms with van der Waals surface area (Å²) in [4.78, 5) is 36.6. The molecule has 1 atom stereocenters. The van der Waals surface area contributed by atoms with Gasteiger partial charge in [0.25, 0.3) is 11.6 Å². The molecule has 1 aliphatic carbocycles. The predicted octanol–water partition coefficient (Wildman–Crippen LogP) is 2.41. The molecule has 1 fully saturated rings. The number of hydrogen-bond donors (Lipinski definition) is 1. The van der Waals surface area contributed by atoms with Crippen LogP contribution in [0, 0.1) is 21.4 Å². The van der Waals surface area contributed by atoms with Crippen LogP contribution in [0.15, 0.2) is 18.2 Å². The lowest BCUT2D eigenvalue weighted by Gasteiger charge is -2.39. The molecule has 0 saturated heterocycles. The number of carbonyl (C=O) groups is 2. The number of nitrogen functional groups attached to an aromatic ring is 1. The van der Waals surface area contributed by atoms with Crippen molar-refractivity contribution >= 4 is 23.3 Å². The maximum absolute atomic E-state index is 12.7. The number of nitro benzene ring substituents is 1. The number of esters is 1. The number of hydrogen-bond acceptors (Lipinski definition) is 7. The van der Waals surface area contributed by atoms with Crippen LogP contribution in [0.5, 0.6) is 0 Å². The van der Waals surface area contributed by atoms with Crippen molar-refractivity contribution in [3.05, 3.63) is 33.9 Å². The molecule has 0 heterocycles. The first-order valence-corrected chi connectivity index (χ1v) is 8.65. The van der Waals surface area contributed by atoms with Gasteiger partial charge < -0.3 is 15.4 Å². The third-order valence-corrected chi connectivity index (χ3v) is 4.96. The number of benzene rings is 1. The van der Waals surface area contributed by atoms with E-state index in [9.17, 15) is 25.0 Å². The number of anilines is 1. The van der Waals surface area contributed by atoms with Gasteiger partial charge in [-0.3, -0.25) is 14.9 Å². The standard InChI is InChI=1S/C18H22N4O5/c1-12(16(23)21(2)18(11-19)8-4-3-5-9-18)27-17(24)14-10-13(22(25)26)6-7-15(14)20/h6-7,10,12H,3-5,8-9,20H2,1-2H3/t12-/m1/s1. The molecule has 9 nitrogen and oxygen atoms in total. The largest absolute Gasteiger partial charge is 0.449 e. The van der Waals surface area contributed by atoms with E-state index >= 15 is 0 Å². The second-order valence-corrected chi connectivity index (χ2v) is 6.68. The molecule has 1 amide bonds. The summed E-state index contributed by atoms with van der Waals surface area (Å²) in [6.07, 6.45) is 2.71. The summed E-state index contributed by atoms with van der Waals surface area (Å²) in [5.74, 6) is -1.43. The molecule has 0 aromatic heterocycles. The molecule has 0 bridgehead atoms. The molecule has 144 valence electrons. The van der Waals surface area contributed by atoms with E-state index in [1.54, 1.807) is 0 Å². The summed E-state index contributed by atoms with van der Waals surface area (Å²) < 4.78 is 5.17. The van der Waals surface area contributed by atoms with Crippen LogP contribution < -0.4 is 5.73 Å². The van der Waals surface area contributed by atoms with Gasteiger partial charge in [0.1, 0.15) is 5.54 Å². The Morgan fingerprint density at radius 3 is 2.56 bits per heavy atom. The van der Waals surface area contributed by atoms with Gasteiger partial charge in [-0.25, -0.2) is 4.79 Å². The summed E-state index contributed by atoms with van der Waals surface area (Å²) in [7, 11) is 1.53. The fourth-order valence-electron chi connectivity index (χ4n) is 3.25. The molecular formula is C18H22N4O5. The van der Waals surface area contributed by atoms with Crippen molar-refractivity contribution in [2.24, 2.45) is 0 Å². The molecule has 1 aliphatic rings. The monoisotopic (exact) mass is 374 g/mol. The van der Waals surface area contributed by atoms with Crippen LogP contribution in [0.25, 0.3) is 0 Å². The number of nitro groups is 1. The number of non-ortho nitro benzene ring substituents is 1. The lowest BCUT2D eigenvalue weighted by molar-refractivity contribution is -0.384. The molecule has 2 rings (SSSR count). The van der Waals surface area contributed by atoms with Gasteiger partial charge in [0.15, 0.2) is 6.10 Å². The number of amides is 1. The van der Waals surface area contributed by atoms with Crippen molar-refractivity contribution in [3.63, 3.8) is 0 Å². The van der Waals surface area contributed by atoms with Crippen LogP contribution in [0.4, 0.5) is 11.4 Å². The van der Waals surface area contributed by atoms with Crippen LogP contribution in [0.2, 0.25) is 0 Å². The highest BCUT2D eigenvalue weighted by molar-refractivity contribution is 5.97. The van der Waals surface area contributed by atoms with Crippen molar-refractivity contribution in [2.45, 2.75) is 50.7 Å². The van der Waals surface area contributed by atoms with Crippen LogP contribution in [0.3, 0.4) is 0 Å². The zero-order chi connectivity index (χ0) is 20.2. The van der Waals surface area contributed by atoms with Crippen LogP contribution >= 0.6 is 0 Å². The van der Waals surface area contributed by atoms with Gasteiger partial charge in [-0.2, -0.15) is 5.26 Å². The van der Waals surface area contributed by atoms with Gasteiger partial charge in [0.05, 0.1) is 16.6 Å². The molecule has 1 saturated carbocycles. The topological polar surface area (TPSA) is 140 Å². The Labute approximate surface area is 156 Å². The number of nitrogens with zero attached hydrogens (tertiary/aromatic N) is 3. The van der Waals surface area contributed by atoms with E-state index in [1.807, 2.05) is 0 Å². The lowest BCUT2D eigenvalue weighted by atomic mass is 9.81. The lowest BCUT2D eigenvalue weighted by Crippen LogP contribution is -2.53. The number of carbonyl (C=O) groups excluding carboxylic acids is 2. The number of ether oxygens (including phenoxy) is 1. The summed E-state index contributed by atoms with van der Waals surface area (Å²) in [5, 5.41) is 20.5. The summed E-state index contributed by atoms with van der Waals surface area (Å²) in [5.41, 5.74) is 4.32. The van der Waals surface area contributed by atoms with E-state index in [1.165, 1.54) is 31.0 Å². The maximum Gasteiger partial charge on any atom is 0.341 e. The molecule has 9 heteroatoms. The molecule has 1 aromatic carbocycles. The van der Waals surface area contributed by atoms with Gasteiger partial charge in [0.2, 0.25) is 0 Å². The first-order chi connectivity index (χ1) is 12.7. The second kappa shape index (κ2) is 8.03. The maximum atomic E-state index is 12.7. The normalized spacial score (nSPS) is 16.6. The van der Waals surface area contributed by atoms with Crippen molar-refractivity contribution in [2.75, 3.05) is 12.8 Å². The molecular weight excluding hydrogens is 352 g/mol. The van der Waals surface area contributed by atoms with Gasteiger partial charge >= 0.3 is 5.97 Å². The number of rotatable bonds is 5. The minimum atomic E-state index is -1.16. The number of likely N-dealkylation sites (N-methyl/N-ethyl adjacent to an activating group) is 1. The smallest absolute Gasteiger partial charge is 0.341 e. The minimum Gasteiger partial charge on any atom is -0.449 e.